The molecule has 0 bridgehead atoms. The number of carbonyl (C=O) groups excluding carboxylic acids is 1. The van der Waals surface area contributed by atoms with Crippen LogP contribution in [0, 0.1) is 0 Å². The lowest BCUT2D eigenvalue weighted by Gasteiger charge is -2.12. The molecule has 3 rings (SSSR count). The summed E-state index contributed by atoms with van der Waals surface area (Å²) >= 11 is 1.21. The molecule has 1 aliphatic rings. The molecular weight excluding hydrogens is 444 g/mol. The number of aliphatic imine (C=N–C) groups is 1. The standard InChI is InChI=1S/C24H26N2O6S/c1-4-6-11-32-19-10-7-15(12-20(19)31-3)13-21-22(28)26(5-2)24(33-21)25-16-8-9-17(23(29)30)18(27)14-16/h7-10,12-14,27H,4-6,11H2,1-3H3,(H,29,30)/b21-13-,25-24?. The molecule has 0 atom stereocenters. The second-order valence-corrected chi connectivity index (χ2v) is 8.18. The van der Waals surface area contributed by atoms with Crippen molar-refractivity contribution in [2.45, 2.75) is 26.7 Å². The van der Waals surface area contributed by atoms with E-state index in [1.807, 2.05) is 25.1 Å². The molecule has 1 aliphatic heterocycles. The van der Waals surface area contributed by atoms with Gasteiger partial charge in [-0.25, -0.2) is 9.79 Å². The third-order valence-electron chi connectivity index (χ3n) is 4.88. The molecule has 1 heterocycles. The number of likely N-dealkylation sites (N-methyl/N-ethyl adjacent to an activating group) is 1. The molecule has 1 amide bonds. The van der Waals surface area contributed by atoms with Gasteiger partial charge in [-0.3, -0.25) is 9.69 Å². The van der Waals surface area contributed by atoms with Gasteiger partial charge in [0.05, 0.1) is 24.3 Å². The van der Waals surface area contributed by atoms with Gasteiger partial charge in [-0.15, -0.1) is 0 Å². The number of carboxylic acids is 1. The zero-order chi connectivity index (χ0) is 24.0. The van der Waals surface area contributed by atoms with E-state index in [4.69, 9.17) is 14.6 Å². The molecular formula is C24H26N2O6S. The number of nitrogens with zero attached hydrogens (tertiary/aromatic N) is 2. The summed E-state index contributed by atoms with van der Waals surface area (Å²) in [6, 6.07) is 9.53. The number of rotatable bonds is 9. The molecule has 1 fully saturated rings. The topological polar surface area (TPSA) is 109 Å². The lowest BCUT2D eigenvalue weighted by atomic mass is 10.2. The maximum absolute atomic E-state index is 12.9. The number of ether oxygens (including phenoxy) is 2. The van der Waals surface area contributed by atoms with Crippen LogP contribution in [-0.4, -0.2) is 52.4 Å². The van der Waals surface area contributed by atoms with Gasteiger partial charge in [-0.1, -0.05) is 19.4 Å². The minimum atomic E-state index is -1.23. The van der Waals surface area contributed by atoms with Gasteiger partial charge >= 0.3 is 5.97 Å². The maximum Gasteiger partial charge on any atom is 0.339 e. The Labute approximate surface area is 196 Å². The molecule has 174 valence electrons. The van der Waals surface area contributed by atoms with E-state index in [1.54, 1.807) is 13.2 Å². The van der Waals surface area contributed by atoms with E-state index in [0.29, 0.717) is 40.4 Å². The first-order chi connectivity index (χ1) is 15.9. The van der Waals surface area contributed by atoms with Crippen LogP contribution in [0.2, 0.25) is 0 Å². The Morgan fingerprint density at radius 2 is 1.97 bits per heavy atom. The summed E-state index contributed by atoms with van der Waals surface area (Å²) in [5.41, 5.74) is 0.923. The number of benzene rings is 2. The molecule has 0 radical (unpaired) electrons. The van der Waals surface area contributed by atoms with Crippen LogP contribution in [-0.2, 0) is 4.79 Å². The quantitative estimate of drug-likeness (QED) is 0.396. The fraction of sp³-hybridized carbons (Fsp3) is 0.292. The van der Waals surface area contributed by atoms with Gasteiger partial charge < -0.3 is 19.7 Å². The van der Waals surface area contributed by atoms with Crippen LogP contribution in [0.4, 0.5) is 5.69 Å². The number of phenols is 1. The average Bonchev–Trinajstić information content (AvgIpc) is 3.08. The van der Waals surface area contributed by atoms with Crippen molar-refractivity contribution < 1.29 is 29.3 Å². The Bertz CT molecular complexity index is 1110. The number of hydrogen-bond acceptors (Lipinski definition) is 7. The molecule has 1 saturated heterocycles. The number of thioether (sulfide) groups is 1. The first-order valence-electron chi connectivity index (χ1n) is 10.5. The van der Waals surface area contributed by atoms with Crippen molar-refractivity contribution in [2.75, 3.05) is 20.3 Å². The third kappa shape index (κ3) is 5.67. The Balaban J connectivity index is 1.86. The highest BCUT2D eigenvalue weighted by Gasteiger charge is 2.32. The van der Waals surface area contributed by atoms with E-state index in [1.165, 1.54) is 34.9 Å². The SMILES string of the molecule is CCCCOc1ccc(/C=C2\SC(=Nc3ccc(C(=O)O)c(O)c3)N(CC)C2=O)cc1OC. The number of hydrogen-bond donors (Lipinski definition) is 2. The van der Waals surface area contributed by atoms with Gasteiger partial charge in [0.15, 0.2) is 16.7 Å². The third-order valence-corrected chi connectivity index (χ3v) is 5.89. The van der Waals surface area contributed by atoms with Gasteiger partial charge in [0, 0.05) is 12.6 Å². The van der Waals surface area contributed by atoms with Crippen LogP contribution in [0.5, 0.6) is 17.2 Å². The number of aromatic hydroxyl groups is 1. The van der Waals surface area contributed by atoms with E-state index in [2.05, 4.69) is 11.9 Å². The number of carboxylic acid groups (broad SMARTS) is 1. The van der Waals surface area contributed by atoms with Crippen LogP contribution in [0.3, 0.4) is 0 Å². The number of unbranched alkanes of at least 4 members (excludes halogenated alkanes) is 1. The van der Waals surface area contributed by atoms with Gasteiger partial charge in [0.25, 0.3) is 5.91 Å². The van der Waals surface area contributed by atoms with Crippen molar-refractivity contribution >= 4 is 40.6 Å². The van der Waals surface area contributed by atoms with E-state index in [9.17, 15) is 14.7 Å². The largest absolute Gasteiger partial charge is 0.507 e. The highest BCUT2D eigenvalue weighted by molar-refractivity contribution is 8.18. The zero-order valence-corrected chi connectivity index (χ0v) is 19.5. The van der Waals surface area contributed by atoms with Crippen molar-refractivity contribution in [3.05, 3.63) is 52.4 Å². The number of amidine groups is 1. The molecule has 0 saturated carbocycles. The lowest BCUT2D eigenvalue weighted by molar-refractivity contribution is -0.122. The fourth-order valence-corrected chi connectivity index (χ4v) is 4.18. The second-order valence-electron chi connectivity index (χ2n) is 7.17. The maximum atomic E-state index is 12.9. The Morgan fingerprint density at radius 3 is 2.61 bits per heavy atom. The summed E-state index contributed by atoms with van der Waals surface area (Å²) in [6.07, 6.45) is 3.75. The Hall–Kier alpha value is -3.46. The molecule has 0 aromatic heterocycles. The molecule has 0 aliphatic carbocycles. The van der Waals surface area contributed by atoms with Crippen LogP contribution in [0.1, 0.15) is 42.6 Å². The van der Waals surface area contributed by atoms with Gasteiger partial charge in [0.1, 0.15) is 11.3 Å². The summed E-state index contributed by atoms with van der Waals surface area (Å²) in [5.74, 6) is -0.554. The first-order valence-corrected chi connectivity index (χ1v) is 11.4. The highest BCUT2D eigenvalue weighted by atomic mass is 32.2. The minimum Gasteiger partial charge on any atom is -0.507 e. The Kier molecular flexibility index (Phi) is 8.00. The van der Waals surface area contributed by atoms with Gasteiger partial charge in [0.2, 0.25) is 0 Å². The van der Waals surface area contributed by atoms with Crippen molar-refractivity contribution in [3.8, 4) is 17.2 Å². The molecule has 2 aromatic carbocycles. The van der Waals surface area contributed by atoms with E-state index < -0.39 is 5.97 Å². The second kappa shape index (κ2) is 10.9. The lowest BCUT2D eigenvalue weighted by Crippen LogP contribution is -2.28. The van der Waals surface area contributed by atoms with Crippen LogP contribution in [0.15, 0.2) is 46.3 Å². The van der Waals surface area contributed by atoms with Crippen LogP contribution in [0.25, 0.3) is 6.08 Å². The summed E-state index contributed by atoms with van der Waals surface area (Å²) < 4.78 is 11.2. The van der Waals surface area contributed by atoms with Crippen molar-refractivity contribution in [1.29, 1.82) is 0 Å². The molecule has 8 nitrogen and oxygen atoms in total. The number of carbonyl (C=O) groups is 2. The predicted molar refractivity (Wildman–Crippen MR) is 129 cm³/mol. The minimum absolute atomic E-state index is 0.185. The molecule has 2 aromatic rings. The highest BCUT2D eigenvalue weighted by Crippen LogP contribution is 2.36. The van der Waals surface area contributed by atoms with E-state index >= 15 is 0 Å². The predicted octanol–water partition coefficient (Wildman–Crippen LogP) is 4.90. The molecule has 0 spiro atoms. The summed E-state index contributed by atoms with van der Waals surface area (Å²) in [4.78, 5) is 30.5. The summed E-state index contributed by atoms with van der Waals surface area (Å²) in [6.45, 7) is 4.95. The van der Waals surface area contributed by atoms with Crippen molar-refractivity contribution in [3.63, 3.8) is 0 Å². The summed E-state index contributed by atoms with van der Waals surface area (Å²) in [5, 5.41) is 19.4. The first kappa shape index (κ1) is 24.2. The average molecular weight is 471 g/mol. The normalized spacial score (nSPS) is 16.0. The zero-order valence-electron chi connectivity index (χ0n) is 18.7. The molecule has 9 heteroatoms. The number of aromatic carboxylic acids is 1. The monoisotopic (exact) mass is 470 g/mol. The van der Waals surface area contributed by atoms with E-state index in [0.717, 1.165) is 18.4 Å². The smallest absolute Gasteiger partial charge is 0.339 e. The Morgan fingerprint density at radius 1 is 1.18 bits per heavy atom. The molecule has 0 unspecified atom stereocenters. The van der Waals surface area contributed by atoms with Gasteiger partial charge in [-0.05, 0) is 61.0 Å². The fourth-order valence-electron chi connectivity index (χ4n) is 3.12. The van der Waals surface area contributed by atoms with Crippen LogP contribution >= 0.6 is 11.8 Å². The van der Waals surface area contributed by atoms with Crippen LogP contribution < -0.4 is 9.47 Å². The van der Waals surface area contributed by atoms with Crippen molar-refractivity contribution in [2.24, 2.45) is 4.99 Å². The number of amides is 1. The van der Waals surface area contributed by atoms with Crippen molar-refractivity contribution in [1.82, 2.24) is 4.90 Å². The number of methoxy groups -OCH3 is 1. The van der Waals surface area contributed by atoms with E-state index in [-0.39, 0.29) is 17.2 Å². The molecule has 33 heavy (non-hydrogen) atoms. The summed E-state index contributed by atoms with van der Waals surface area (Å²) in [7, 11) is 1.57. The van der Waals surface area contributed by atoms with Gasteiger partial charge in [-0.2, -0.15) is 0 Å². The molecule has 2 N–H and O–H groups in total.